The van der Waals surface area contributed by atoms with Gasteiger partial charge in [0.15, 0.2) is 5.82 Å². The van der Waals surface area contributed by atoms with Gasteiger partial charge in [0, 0.05) is 18.0 Å². The van der Waals surface area contributed by atoms with E-state index in [4.69, 9.17) is 0 Å². The van der Waals surface area contributed by atoms with Crippen LogP contribution in [-0.2, 0) is 6.54 Å². The van der Waals surface area contributed by atoms with Crippen molar-refractivity contribution in [3.63, 3.8) is 0 Å². The molecule has 2 aromatic heterocycles. The lowest BCUT2D eigenvalue weighted by Gasteiger charge is -2.15. The molecule has 0 aliphatic carbocycles. The molecular formula is C13H14N6O. The zero-order valence-electron chi connectivity index (χ0n) is 11.2. The average Bonchev–Trinajstić information content (AvgIpc) is 3.05. The van der Waals surface area contributed by atoms with Crippen LogP contribution in [0.25, 0.3) is 10.9 Å². The van der Waals surface area contributed by atoms with Crippen LogP contribution in [0.15, 0.2) is 24.4 Å². The Morgan fingerprint density at radius 3 is 2.95 bits per heavy atom. The fourth-order valence-electron chi connectivity index (χ4n) is 2.04. The molecule has 0 saturated heterocycles. The van der Waals surface area contributed by atoms with Crippen molar-refractivity contribution in [1.82, 2.24) is 30.3 Å². The van der Waals surface area contributed by atoms with E-state index in [0.29, 0.717) is 17.9 Å². The lowest BCUT2D eigenvalue weighted by atomic mass is 10.1. The Morgan fingerprint density at radius 1 is 1.35 bits per heavy atom. The van der Waals surface area contributed by atoms with E-state index in [2.05, 4.69) is 25.4 Å². The highest BCUT2D eigenvalue weighted by molar-refractivity contribution is 5.97. The van der Waals surface area contributed by atoms with Crippen molar-refractivity contribution in [2.75, 3.05) is 7.05 Å². The molecular weight excluding hydrogens is 256 g/mol. The molecule has 0 bridgehead atoms. The van der Waals surface area contributed by atoms with Gasteiger partial charge in [-0.1, -0.05) is 0 Å². The van der Waals surface area contributed by atoms with Gasteiger partial charge in [-0.25, -0.2) is 4.98 Å². The molecule has 7 nitrogen and oxygen atoms in total. The number of hydrogen-bond acceptors (Lipinski definition) is 4. The molecule has 0 saturated carbocycles. The first-order valence-electron chi connectivity index (χ1n) is 6.20. The molecule has 0 radical (unpaired) electrons. The van der Waals surface area contributed by atoms with Crippen LogP contribution in [0.4, 0.5) is 0 Å². The second-order valence-electron chi connectivity index (χ2n) is 4.67. The van der Waals surface area contributed by atoms with Crippen molar-refractivity contribution in [3.05, 3.63) is 41.6 Å². The first kappa shape index (κ1) is 12.3. The second kappa shape index (κ2) is 4.76. The molecule has 2 N–H and O–H groups in total. The predicted molar refractivity (Wildman–Crippen MR) is 73.0 cm³/mol. The van der Waals surface area contributed by atoms with Gasteiger partial charge in [0.25, 0.3) is 5.91 Å². The van der Waals surface area contributed by atoms with Gasteiger partial charge < -0.3 is 4.90 Å². The molecule has 0 aliphatic rings. The average molecular weight is 270 g/mol. The monoisotopic (exact) mass is 270 g/mol. The number of carbonyl (C=O) groups excluding carboxylic acids is 1. The minimum Gasteiger partial charge on any atom is -0.334 e. The first-order valence-corrected chi connectivity index (χ1v) is 6.20. The van der Waals surface area contributed by atoms with Gasteiger partial charge >= 0.3 is 0 Å². The summed E-state index contributed by atoms with van der Waals surface area (Å²) in [6.45, 7) is 2.19. The number of nitrogens with zero attached hydrogens (tertiary/aromatic N) is 4. The second-order valence-corrected chi connectivity index (χ2v) is 4.67. The van der Waals surface area contributed by atoms with Gasteiger partial charge in [0.1, 0.15) is 5.82 Å². The number of amides is 1. The summed E-state index contributed by atoms with van der Waals surface area (Å²) in [5.41, 5.74) is 1.53. The maximum atomic E-state index is 12.4. The summed E-state index contributed by atoms with van der Waals surface area (Å²) in [5.74, 6) is 1.26. The summed E-state index contributed by atoms with van der Waals surface area (Å²) in [4.78, 5) is 18.1. The highest BCUT2D eigenvalue weighted by Crippen LogP contribution is 2.14. The van der Waals surface area contributed by atoms with Gasteiger partial charge in [0.05, 0.1) is 18.3 Å². The quantitative estimate of drug-likeness (QED) is 0.749. The normalized spacial score (nSPS) is 10.9. The summed E-state index contributed by atoms with van der Waals surface area (Å²) in [5, 5.41) is 14.5. The van der Waals surface area contributed by atoms with Crippen molar-refractivity contribution in [2.24, 2.45) is 0 Å². The third-order valence-corrected chi connectivity index (χ3v) is 3.06. The fraction of sp³-hybridized carbons (Fsp3) is 0.231. The van der Waals surface area contributed by atoms with E-state index in [-0.39, 0.29) is 5.91 Å². The molecule has 1 amide bonds. The Bertz CT molecular complexity index is 759. The molecule has 20 heavy (non-hydrogen) atoms. The minimum absolute atomic E-state index is 0.0736. The van der Waals surface area contributed by atoms with E-state index in [1.54, 1.807) is 24.2 Å². The fourth-order valence-corrected chi connectivity index (χ4v) is 2.04. The maximum absolute atomic E-state index is 12.4. The number of aromatic amines is 2. The van der Waals surface area contributed by atoms with Gasteiger partial charge in [-0.3, -0.25) is 15.0 Å². The SMILES string of the molecule is Cc1nc(CN(C)C(=O)c2ccc3[nH]ncc3c2)n[nH]1. The Hall–Kier alpha value is -2.70. The summed E-state index contributed by atoms with van der Waals surface area (Å²) >= 11 is 0. The van der Waals surface area contributed by atoms with Crippen molar-refractivity contribution >= 4 is 16.8 Å². The zero-order valence-corrected chi connectivity index (χ0v) is 11.2. The largest absolute Gasteiger partial charge is 0.334 e. The van der Waals surface area contributed by atoms with Crippen molar-refractivity contribution < 1.29 is 4.79 Å². The van der Waals surface area contributed by atoms with Crippen LogP contribution in [0.5, 0.6) is 0 Å². The Labute approximate surface area is 115 Å². The van der Waals surface area contributed by atoms with E-state index < -0.39 is 0 Å². The maximum Gasteiger partial charge on any atom is 0.254 e. The smallest absolute Gasteiger partial charge is 0.254 e. The molecule has 102 valence electrons. The molecule has 0 spiro atoms. The molecule has 1 aromatic carbocycles. The lowest BCUT2D eigenvalue weighted by molar-refractivity contribution is 0.0782. The predicted octanol–water partition coefficient (Wildman–Crippen LogP) is 1.26. The van der Waals surface area contributed by atoms with E-state index in [9.17, 15) is 4.79 Å². The van der Waals surface area contributed by atoms with Gasteiger partial charge in [-0.05, 0) is 25.1 Å². The summed E-state index contributed by atoms with van der Waals surface area (Å²) in [6, 6.07) is 5.45. The van der Waals surface area contributed by atoms with Crippen LogP contribution in [0.2, 0.25) is 0 Å². The Kier molecular flexibility index (Phi) is 2.94. The van der Waals surface area contributed by atoms with E-state index in [0.717, 1.165) is 16.7 Å². The van der Waals surface area contributed by atoms with Crippen LogP contribution in [0.1, 0.15) is 22.0 Å². The van der Waals surface area contributed by atoms with Crippen LogP contribution in [-0.4, -0.2) is 43.2 Å². The van der Waals surface area contributed by atoms with Crippen LogP contribution in [0.3, 0.4) is 0 Å². The highest BCUT2D eigenvalue weighted by Gasteiger charge is 2.14. The summed E-state index contributed by atoms with van der Waals surface area (Å²) in [7, 11) is 1.73. The standard InChI is InChI=1S/C13H14N6O/c1-8-15-12(18-16-8)7-19(2)13(20)9-3-4-11-10(5-9)6-14-17-11/h3-6H,7H2,1-2H3,(H,14,17)(H,15,16,18). The number of aromatic nitrogens is 5. The van der Waals surface area contributed by atoms with Crippen LogP contribution >= 0.6 is 0 Å². The number of nitrogens with one attached hydrogen (secondary N) is 2. The molecule has 0 atom stereocenters. The molecule has 2 heterocycles. The Morgan fingerprint density at radius 2 is 2.20 bits per heavy atom. The molecule has 0 unspecified atom stereocenters. The van der Waals surface area contributed by atoms with Crippen LogP contribution in [0, 0.1) is 6.92 Å². The molecule has 3 rings (SSSR count). The highest BCUT2D eigenvalue weighted by atomic mass is 16.2. The van der Waals surface area contributed by atoms with Gasteiger partial charge in [-0.15, -0.1) is 0 Å². The zero-order chi connectivity index (χ0) is 14.1. The molecule has 0 fully saturated rings. The summed E-state index contributed by atoms with van der Waals surface area (Å²) in [6.07, 6.45) is 1.70. The topological polar surface area (TPSA) is 90.6 Å². The molecule has 0 aliphatic heterocycles. The number of aryl methyl sites for hydroxylation is 1. The number of hydrogen-bond donors (Lipinski definition) is 2. The van der Waals surface area contributed by atoms with Crippen molar-refractivity contribution in [2.45, 2.75) is 13.5 Å². The van der Waals surface area contributed by atoms with Crippen molar-refractivity contribution in [1.29, 1.82) is 0 Å². The summed E-state index contributed by atoms with van der Waals surface area (Å²) < 4.78 is 0. The molecule has 3 aromatic rings. The third-order valence-electron chi connectivity index (χ3n) is 3.06. The number of fused-ring (bicyclic) bond motifs is 1. The number of H-pyrrole nitrogens is 2. The number of rotatable bonds is 3. The Balaban J connectivity index is 1.80. The van der Waals surface area contributed by atoms with E-state index in [1.807, 2.05) is 19.1 Å². The number of carbonyl (C=O) groups is 1. The van der Waals surface area contributed by atoms with Gasteiger partial charge in [-0.2, -0.15) is 10.2 Å². The van der Waals surface area contributed by atoms with Crippen LogP contribution < -0.4 is 0 Å². The van der Waals surface area contributed by atoms with Crippen molar-refractivity contribution in [3.8, 4) is 0 Å². The number of benzene rings is 1. The first-order chi connectivity index (χ1) is 9.63. The van der Waals surface area contributed by atoms with E-state index in [1.165, 1.54) is 0 Å². The lowest BCUT2D eigenvalue weighted by Crippen LogP contribution is -2.26. The minimum atomic E-state index is -0.0736. The van der Waals surface area contributed by atoms with E-state index >= 15 is 0 Å². The molecule has 7 heteroatoms. The van der Waals surface area contributed by atoms with Gasteiger partial charge in [0.2, 0.25) is 0 Å². The third kappa shape index (κ3) is 2.25.